The van der Waals surface area contributed by atoms with E-state index in [9.17, 15) is 0 Å². The maximum atomic E-state index is 4.33. The van der Waals surface area contributed by atoms with Gasteiger partial charge in [-0.1, -0.05) is 20.8 Å². The number of rotatable bonds is 3. The minimum Gasteiger partial charge on any atom is -0.316 e. The van der Waals surface area contributed by atoms with E-state index in [-0.39, 0.29) is 5.41 Å². The lowest BCUT2D eigenvalue weighted by atomic mass is 9.85. The van der Waals surface area contributed by atoms with Crippen molar-refractivity contribution < 1.29 is 0 Å². The van der Waals surface area contributed by atoms with Crippen molar-refractivity contribution in [3.8, 4) is 0 Å². The van der Waals surface area contributed by atoms with E-state index in [1.165, 1.54) is 0 Å². The maximum Gasteiger partial charge on any atom is 0.129 e. The van der Waals surface area contributed by atoms with Gasteiger partial charge in [-0.2, -0.15) is 0 Å². The molecule has 3 heteroatoms. The van der Waals surface area contributed by atoms with E-state index >= 15 is 0 Å². The lowest BCUT2D eigenvalue weighted by molar-refractivity contribution is 0.276. The molecule has 0 bridgehead atoms. The van der Waals surface area contributed by atoms with E-state index in [2.05, 4.69) is 36.1 Å². The SMILES string of the molecule is CNC(Cc1ncc(C)cn1)C(C)(C)C. The molecule has 0 radical (unpaired) electrons. The van der Waals surface area contributed by atoms with Gasteiger partial charge in [-0.05, 0) is 24.9 Å². The Morgan fingerprint density at radius 3 is 2.20 bits per heavy atom. The lowest BCUT2D eigenvalue weighted by Gasteiger charge is -2.29. The topological polar surface area (TPSA) is 37.8 Å². The van der Waals surface area contributed by atoms with Gasteiger partial charge < -0.3 is 5.32 Å². The molecule has 0 spiro atoms. The number of hydrogen-bond acceptors (Lipinski definition) is 3. The van der Waals surface area contributed by atoms with E-state index in [0.717, 1.165) is 17.8 Å². The highest BCUT2D eigenvalue weighted by atomic mass is 14.9. The Bertz CT molecular complexity index is 298. The smallest absolute Gasteiger partial charge is 0.129 e. The summed E-state index contributed by atoms with van der Waals surface area (Å²) in [5.74, 6) is 0.912. The Kier molecular flexibility index (Phi) is 3.80. The van der Waals surface area contributed by atoms with E-state index in [4.69, 9.17) is 0 Å². The van der Waals surface area contributed by atoms with Crippen molar-refractivity contribution in [2.24, 2.45) is 5.41 Å². The molecule has 0 fully saturated rings. The monoisotopic (exact) mass is 207 g/mol. The van der Waals surface area contributed by atoms with Gasteiger partial charge >= 0.3 is 0 Å². The molecule has 0 saturated heterocycles. The van der Waals surface area contributed by atoms with Crippen LogP contribution in [0.5, 0.6) is 0 Å². The molecule has 1 atom stereocenters. The van der Waals surface area contributed by atoms with E-state index in [0.29, 0.717) is 6.04 Å². The first kappa shape index (κ1) is 12.1. The van der Waals surface area contributed by atoms with Crippen LogP contribution in [0.1, 0.15) is 32.2 Å². The van der Waals surface area contributed by atoms with Crippen LogP contribution in [0.15, 0.2) is 12.4 Å². The van der Waals surface area contributed by atoms with E-state index < -0.39 is 0 Å². The fraction of sp³-hybridized carbons (Fsp3) is 0.667. The first-order valence-electron chi connectivity index (χ1n) is 5.38. The van der Waals surface area contributed by atoms with Crippen LogP contribution in [0.4, 0.5) is 0 Å². The molecule has 0 aromatic carbocycles. The van der Waals surface area contributed by atoms with Crippen molar-refractivity contribution in [3.05, 3.63) is 23.8 Å². The van der Waals surface area contributed by atoms with Gasteiger partial charge in [0.2, 0.25) is 0 Å². The second-order valence-corrected chi connectivity index (χ2v) is 5.09. The lowest BCUT2D eigenvalue weighted by Crippen LogP contribution is -2.40. The standard InChI is InChI=1S/C12H21N3/c1-9-7-14-11(15-8-9)6-10(13-5)12(2,3)4/h7-8,10,13H,6H2,1-5H3. The van der Waals surface area contributed by atoms with Gasteiger partial charge in [-0.3, -0.25) is 0 Å². The molecule has 15 heavy (non-hydrogen) atoms. The molecular weight excluding hydrogens is 186 g/mol. The average Bonchev–Trinajstić information content (AvgIpc) is 2.15. The summed E-state index contributed by atoms with van der Waals surface area (Å²) in [6.07, 6.45) is 4.62. The zero-order chi connectivity index (χ0) is 11.5. The van der Waals surface area contributed by atoms with Gasteiger partial charge in [0.15, 0.2) is 0 Å². The zero-order valence-corrected chi connectivity index (χ0v) is 10.3. The van der Waals surface area contributed by atoms with Crippen LogP contribution < -0.4 is 5.32 Å². The number of aromatic nitrogens is 2. The summed E-state index contributed by atoms with van der Waals surface area (Å²) in [6.45, 7) is 8.68. The van der Waals surface area contributed by atoms with Crippen LogP contribution >= 0.6 is 0 Å². The average molecular weight is 207 g/mol. The van der Waals surface area contributed by atoms with Crippen LogP contribution in [0.3, 0.4) is 0 Å². The predicted octanol–water partition coefficient (Wildman–Crippen LogP) is 1.96. The highest BCUT2D eigenvalue weighted by molar-refractivity contribution is 5.03. The molecule has 0 aliphatic carbocycles. The highest BCUT2D eigenvalue weighted by Gasteiger charge is 2.23. The number of aryl methyl sites for hydroxylation is 1. The Hall–Kier alpha value is -0.960. The molecule has 1 rings (SSSR count). The summed E-state index contributed by atoms with van der Waals surface area (Å²) in [6, 6.07) is 0.403. The summed E-state index contributed by atoms with van der Waals surface area (Å²) < 4.78 is 0. The number of nitrogens with zero attached hydrogens (tertiary/aromatic N) is 2. The number of hydrogen-bond donors (Lipinski definition) is 1. The summed E-state index contributed by atoms with van der Waals surface area (Å²) in [5.41, 5.74) is 1.33. The van der Waals surface area contributed by atoms with Crippen molar-refractivity contribution in [1.29, 1.82) is 0 Å². The maximum absolute atomic E-state index is 4.33. The van der Waals surface area contributed by atoms with Gasteiger partial charge in [-0.15, -0.1) is 0 Å². The molecule has 1 unspecified atom stereocenters. The molecule has 0 aliphatic rings. The van der Waals surface area contributed by atoms with Crippen LogP contribution in [0, 0.1) is 12.3 Å². The fourth-order valence-corrected chi connectivity index (χ4v) is 1.55. The predicted molar refractivity (Wildman–Crippen MR) is 62.8 cm³/mol. The van der Waals surface area contributed by atoms with Gasteiger partial charge in [0, 0.05) is 24.9 Å². The third-order valence-electron chi connectivity index (χ3n) is 2.61. The molecular formula is C12H21N3. The van der Waals surface area contributed by atoms with E-state index in [1.807, 2.05) is 26.4 Å². The minimum absolute atomic E-state index is 0.225. The minimum atomic E-state index is 0.225. The molecule has 1 aromatic rings. The number of likely N-dealkylation sites (N-methyl/N-ethyl adjacent to an activating group) is 1. The van der Waals surface area contributed by atoms with Crippen LogP contribution in [0.2, 0.25) is 0 Å². The molecule has 1 heterocycles. The van der Waals surface area contributed by atoms with Gasteiger partial charge in [0.25, 0.3) is 0 Å². The van der Waals surface area contributed by atoms with Gasteiger partial charge in [0.1, 0.15) is 5.82 Å². The molecule has 1 N–H and O–H groups in total. The summed E-state index contributed by atoms with van der Waals surface area (Å²) in [5, 5.41) is 3.33. The second-order valence-electron chi connectivity index (χ2n) is 5.09. The van der Waals surface area contributed by atoms with Gasteiger partial charge in [0.05, 0.1) is 0 Å². The van der Waals surface area contributed by atoms with Crippen LogP contribution in [-0.4, -0.2) is 23.1 Å². The fourth-order valence-electron chi connectivity index (χ4n) is 1.55. The van der Waals surface area contributed by atoms with Crippen molar-refractivity contribution >= 4 is 0 Å². The quantitative estimate of drug-likeness (QED) is 0.823. The van der Waals surface area contributed by atoms with Crippen molar-refractivity contribution in [3.63, 3.8) is 0 Å². The highest BCUT2D eigenvalue weighted by Crippen LogP contribution is 2.21. The van der Waals surface area contributed by atoms with Gasteiger partial charge in [-0.25, -0.2) is 9.97 Å². The first-order valence-corrected chi connectivity index (χ1v) is 5.38. The van der Waals surface area contributed by atoms with Crippen LogP contribution in [0.25, 0.3) is 0 Å². The summed E-state index contributed by atoms with van der Waals surface area (Å²) >= 11 is 0. The van der Waals surface area contributed by atoms with Crippen molar-refractivity contribution in [2.45, 2.75) is 40.2 Å². The largest absolute Gasteiger partial charge is 0.316 e. The molecule has 0 amide bonds. The Morgan fingerprint density at radius 2 is 1.80 bits per heavy atom. The van der Waals surface area contributed by atoms with Crippen molar-refractivity contribution in [2.75, 3.05) is 7.05 Å². The van der Waals surface area contributed by atoms with Crippen molar-refractivity contribution in [1.82, 2.24) is 15.3 Å². The second kappa shape index (κ2) is 4.71. The number of nitrogens with one attached hydrogen (secondary N) is 1. The third kappa shape index (κ3) is 3.59. The molecule has 84 valence electrons. The Labute approximate surface area is 92.3 Å². The first-order chi connectivity index (χ1) is 6.93. The molecule has 0 aliphatic heterocycles. The Balaban J connectivity index is 2.71. The van der Waals surface area contributed by atoms with Crippen LogP contribution in [-0.2, 0) is 6.42 Å². The summed E-state index contributed by atoms with van der Waals surface area (Å²) in [4.78, 5) is 8.66. The normalized spacial score (nSPS) is 13.9. The third-order valence-corrected chi connectivity index (χ3v) is 2.61. The molecule has 1 aromatic heterocycles. The summed E-state index contributed by atoms with van der Waals surface area (Å²) in [7, 11) is 1.99. The molecule has 0 saturated carbocycles. The Morgan fingerprint density at radius 1 is 1.27 bits per heavy atom. The molecule has 3 nitrogen and oxygen atoms in total. The zero-order valence-electron chi connectivity index (χ0n) is 10.3. The van der Waals surface area contributed by atoms with E-state index in [1.54, 1.807) is 0 Å².